The molecule has 0 aliphatic heterocycles. The Morgan fingerprint density at radius 1 is 1.04 bits per heavy atom. The number of nitrogens with one attached hydrogen (secondary N) is 1. The van der Waals surface area contributed by atoms with Gasteiger partial charge < -0.3 is 5.32 Å². The molecule has 1 N–H and O–H groups in total. The van der Waals surface area contributed by atoms with Gasteiger partial charge in [0.25, 0.3) is 26.1 Å². The minimum Gasteiger partial charge on any atom is -0.347 e. The summed E-state index contributed by atoms with van der Waals surface area (Å²) in [5.41, 5.74) is 0.390. The monoisotopic (exact) mass is 365 g/mol. The zero-order valence-electron chi connectivity index (χ0n) is 12.8. The standard InChI is InChI=1S/C13H19NO7S2/c1-22(16,17)20-9-8-12(10-21-23(2,18)19)14-13(15)11-6-4-3-5-7-11/h3-7,12H,8-10H2,1-2H3,(H,14,15)/t12-/m1/s1. The van der Waals surface area contributed by atoms with Crippen molar-refractivity contribution in [3.8, 4) is 0 Å². The highest BCUT2D eigenvalue weighted by Gasteiger charge is 2.17. The Morgan fingerprint density at radius 3 is 2.13 bits per heavy atom. The van der Waals surface area contributed by atoms with E-state index >= 15 is 0 Å². The summed E-state index contributed by atoms with van der Waals surface area (Å²) in [5, 5.41) is 2.59. The van der Waals surface area contributed by atoms with E-state index in [9.17, 15) is 21.6 Å². The van der Waals surface area contributed by atoms with Crippen LogP contribution in [0.25, 0.3) is 0 Å². The largest absolute Gasteiger partial charge is 0.347 e. The summed E-state index contributed by atoms with van der Waals surface area (Å²) in [6.07, 6.45) is 1.86. The Balaban J connectivity index is 2.68. The molecule has 0 saturated heterocycles. The van der Waals surface area contributed by atoms with Crippen molar-refractivity contribution in [2.75, 3.05) is 25.7 Å². The summed E-state index contributed by atoms with van der Waals surface area (Å²) in [7, 11) is -7.30. The molecule has 0 radical (unpaired) electrons. The first-order valence-corrected chi connectivity index (χ1v) is 10.2. The minimum absolute atomic E-state index is 0.0706. The Morgan fingerprint density at radius 2 is 1.61 bits per heavy atom. The van der Waals surface area contributed by atoms with E-state index in [1.807, 2.05) is 0 Å². The minimum atomic E-state index is -3.68. The van der Waals surface area contributed by atoms with Gasteiger partial charge in [0.15, 0.2) is 0 Å². The predicted octanol–water partition coefficient (Wildman–Crippen LogP) is 0.128. The molecule has 0 bridgehead atoms. The Hall–Kier alpha value is -1.49. The molecule has 23 heavy (non-hydrogen) atoms. The van der Waals surface area contributed by atoms with Gasteiger partial charge in [-0.05, 0) is 18.6 Å². The van der Waals surface area contributed by atoms with Gasteiger partial charge in [-0.3, -0.25) is 13.2 Å². The van der Waals surface area contributed by atoms with Crippen molar-refractivity contribution >= 4 is 26.1 Å². The van der Waals surface area contributed by atoms with Crippen LogP contribution in [-0.4, -0.2) is 54.5 Å². The predicted molar refractivity (Wildman–Crippen MR) is 83.9 cm³/mol. The molecule has 1 atom stereocenters. The lowest BCUT2D eigenvalue weighted by molar-refractivity contribution is 0.0914. The quantitative estimate of drug-likeness (QED) is 0.618. The van der Waals surface area contributed by atoms with Crippen molar-refractivity contribution in [2.24, 2.45) is 0 Å². The maximum absolute atomic E-state index is 12.1. The molecule has 8 nitrogen and oxygen atoms in total. The van der Waals surface area contributed by atoms with E-state index in [0.29, 0.717) is 5.56 Å². The summed E-state index contributed by atoms with van der Waals surface area (Å²) < 4.78 is 53.3. The van der Waals surface area contributed by atoms with Gasteiger partial charge in [0.05, 0.1) is 31.8 Å². The van der Waals surface area contributed by atoms with Gasteiger partial charge in [-0.25, -0.2) is 0 Å². The van der Waals surface area contributed by atoms with Crippen LogP contribution in [0.4, 0.5) is 0 Å². The number of hydrogen-bond acceptors (Lipinski definition) is 7. The lowest BCUT2D eigenvalue weighted by Gasteiger charge is -2.18. The second-order valence-electron chi connectivity index (χ2n) is 4.84. The highest BCUT2D eigenvalue weighted by Crippen LogP contribution is 2.03. The number of benzene rings is 1. The average Bonchev–Trinajstić information content (AvgIpc) is 2.43. The van der Waals surface area contributed by atoms with Crippen molar-refractivity contribution in [1.82, 2.24) is 5.32 Å². The zero-order valence-corrected chi connectivity index (χ0v) is 14.4. The third-order valence-corrected chi connectivity index (χ3v) is 3.78. The Bertz CT molecular complexity index is 714. The van der Waals surface area contributed by atoms with E-state index in [-0.39, 0.29) is 19.6 Å². The normalized spacial score (nSPS) is 13.5. The van der Waals surface area contributed by atoms with Crippen LogP contribution in [0, 0.1) is 0 Å². The summed E-state index contributed by atoms with van der Waals surface area (Å²) in [6.45, 7) is -0.518. The molecular weight excluding hydrogens is 346 g/mol. The lowest BCUT2D eigenvalue weighted by Crippen LogP contribution is -2.39. The number of rotatable bonds is 9. The highest BCUT2D eigenvalue weighted by molar-refractivity contribution is 7.86. The van der Waals surface area contributed by atoms with Crippen LogP contribution in [-0.2, 0) is 28.6 Å². The van der Waals surface area contributed by atoms with Gasteiger partial charge in [0.2, 0.25) is 0 Å². The molecule has 0 aliphatic rings. The van der Waals surface area contributed by atoms with Crippen LogP contribution in [0.15, 0.2) is 30.3 Å². The maximum atomic E-state index is 12.1. The molecule has 0 fully saturated rings. The highest BCUT2D eigenvalue weighted by atomic mass is 32.2. The molecule has 130 valence electrons. The SMILES string of the molecule is CS(=O)(=O)OCC[C@H](COS(C)(=O)=O)NC(=O)c1ccccc1. The van der Waals surface area contributed by atoms with Crippen molar-refractivity contribution in [3.63, 3.8) is 0 Å². The van der Waals surface area contributed by atoms with E-state index in [1.165, 1.54) is 0 Å². The fourth-order valence-electron chi connectivity index (χ4n) is 1.60. The summed E-state index contributed by atoms with van der Waals surface area (Å²) in [5.74, 6) is -0.424. The number of hydrogen-bond donors (Lipinski definition) is 1. The summed E-state index contributed by atoms with van der Waals surface area (Å²) in [4.78, 5) is 12.1. The van der Waals surface area contributed by atoms with Gasteiger partial charge in [-0.2, -0.15) is 16.8 Å². The third-order valence-electron chi connectivity index (χ3n) is 2.62. The van der Waals surface area contributed by atoms with Crippen LogP contribution in [0.2, 0.25) is 0 Å². The van der Waals surface area contributed by atoms with Crippen LogP contribution < -0.4 is 5.32 Å². The second kappa shape index (κ2) is 8.39. The van der Waals surface area contributed by atoms with Gasteiger partial charge in [0.1, 0.15) is 0 Å². The molecule has 0 aromatic heterocycles. The van der Waals surface area contributed by atoms with E-state index < -0.39 is 32.2 Å². The number of carbonyl (C=O) groups is 1. The van der Waals surface area contributed by atoms with Crippen LogP contribution in [0.1, 0.15) is 16.8 Å². The first-order chi connectivity index (χ1) is 10.6. The zero-order chi connectivity index (χ0) is 17.5. The van der Waals surface area contributed by atoms with Crippen molar-refractivity contribution < 1.29 is 30.0 Å². The average molecular weight is 365 g/mol. The smallest absolute Gasteiger partial charge is 0.264 e. The maximum Gasteiger partial charge on any atom is 0.264 e. The molecule has 1 rings (SSSR count). The summed E-state index contributed by atoms with van der Waals surface area (Å²) >= 11 is 0. The molecule has 0 heterocycles. The topological polar surface area (TPSA) is 116 Å². The Kier molecular flexibility index (Phi) is 7.13. The summed E-state index contributed by atoms with van der Waals surface area (Å²) in [6, 6.07) is 7.58. The third kappa shape index (κ3) is 9.29. The van der Waals surface area contributed by atoms with Crippen molar-refractivity contribution in [1.29, 1.82) is 0 Å². The first kappa shape index (κ1) is 19.6. The van der Waals surface area contributed by atoms with Gasteiger partial charge in [-0.15, -0.1) is 0 Å². The van der Waals surface area contributed by atoms with Crippen LogP contribution in [0.5, 0.6) is 0 Å². The Labute approximate surface area is 136 Å². The van der Waals surface area contributed by atoms with Crippen LogP contribution in [0.3, 0.4) is 0 Å². The van der Waals surface area contributed by atoms with Gasteiger partial charge in [-0.1, -0.05) is 18.2 Å². The molecule has 1 amide bonds. The second-order valence-corrected chi connectivity index (χ2v) is 8.13. The van der Waals surface area contributed by atoms with E-state index in [4.69, 9.17) is 0 Å². The lowest BCUT2D eigenvalue weighted by atomic mass is 10.1. The number of carbonyl (C=O) groups excluding carboxylic acids is 1. The molecule has 1 aromatic carbocycles. The first-order valence-electron chi connectivity index (χ1n) is 6.61. The van der Waals surface area contributed by atoms with E-state index in [0.717, 1.165) is 12.5 Å². The molecule has 1 aromatic rings. The fourth-order valence-corrected chi connectivity index (χ4v) is 2.41. The van der Waals surface area contributed by atoms with Crippen molar-refractivity contribution in [2.45, 2.75) is 12.5 Å². The molecule has 0 unspecified atom stereocenters. The van der Waals surface area contributed by atoms with Gasteiger partial charge >= 0.3 is 0 Å². The fraction of sp³-hybridized carbons (Fsp3) is 0.462. The molecular formula is C13H19NO7S2. The molecule has 10 heteroatoms. The van der Waals surface area contributed by atoms with E-state index in [2.05, 4.69) is 13.7 Å². The molecule has 0 spiro atoms. The van der Waals surface area contributed by atoms with Crippen molar-refractivity contribution in [3.05, 3.63) is 35.9 Å². The van der Waals surface area contributed by atoms with E-state index in [1.54, 1.807) is 30.3 Å². The van der Waals surface area contributed by atoms with Gasteiger partial charge in [0, 0.05) is 5.56 Å². The number of amides is 1. The molecule has 0 aliphatic carbocycles. The van der Waals surface area contributed by atoms with Crippen LogP contribution >= 0.6 is 0 Å². The molecule has 0 saturated carbocycles.